The molecule has 0 radical (unpaired) electrons. The molecule has 1 aromatic heterocycles. The number of hydrogen-bond donors (Lipinski definition) is 1. The number of aromatic nitrogens is 1. The Morgan fingerprint density at radius 3 is 2.83 bits per heavy atom. The Morgan fingerprint density at radius 2 is 2.04 bits per heavy atom. The topological polar surface area (TPSA) is 60.5 Å². The van der Waals surface area contributed by atoms with E-state index >= 15 is 0 Å². The fourth-order valence-electron chi connectivity index (χ4n) is 2.27. The van der Waals surface area contributed by atoms with Crippen molar-refractivity contribution >= 4 is 22.5 Å². The van der Waals surface area contributed by atoms with Gasteiger partial charge in [0.2, 0.25) is 0 Å². The first-order valence-electron chi connectivity index (χ1n) is 7.27. The molecule has 2 aromatic carbocycles. The molecule has 0 fully saturated rings. The second-order valence-corrected chi connectivity index (χ2v) is 5.04. The van der Waals surface area contributed by atoms with Crippen molar-refractivity contribution in [2.45, 2.75) is 0 Å². The number of methoxy groups -OCH3 is 1. The van der Waals surface area contributed by atoms with Gasteiger partial charge in [-0.3, -0.25) is 9.78 Å². The van der Waals surface area contributed by atoms with Crippen molar-refractivity contribution in [3.05, 3.63) is 60.5 Å². The highest BCUT2D eigenvalue weighted by Crippen LogP contribution is 2.27. The van der Waals surface area contributed by atoms with Crippen LogP contribution in [0.15, 0.2) is 54.7 Å². The summed E-state index contributed by atoms with van der Waals surface area (Å²) in [5.41, 5.74) is 1.18. The summed E-state index contributed by atoms with van der Waals surface area (Å²) >= 11 is 0. The summed E-state index contributed by atoms with van der Waals surface area (Å²) in [7, 11) is 1.55. The smallest absolute Gasteiger partial charge is 0.262 e. The number of nitrogens with one attached hydrogen (secondary N) is 1. The fourth-order valence-corrected chi connectivity index (χ4v) is 2.27. The molecule has 0 aliphatic heterocycles. The zero-order valence-corrected chi connectivity index (χ0v) is 13.0. The number of nitrogens with zero attached hydrogens (tertiary/aromatic N) is 1. The van der Waals surface area contributed by atoms with Crippen LogP contribution in [-0.2, 0) is 4.79 Å². The van der Waals surface area contributed by atoms with Gasteiger partial charge in [-0.2, -0.15) is 0 Å². The molecule has 6 heteroatoms. The number of carbonyl (C=O) groups is 1. The largest absolute Gasteiger partial charge is 0.497 e. The number of ether oxygens (including phenoxy) is 2. The van der Waals surface area contributed by atoms with Gasteiger partial charge in [0.05, 0.1) is 18.3 Å². The van der Waals surface area contributed by atoms with Gasteiger partial charge in [0, 0.05) is 23.7 Å². The van der Waals surface area contributed by atoms with Crippen LogP contribution in [-0.4, -0.2) is 24.6 Å². The predicted octanol–water partition coefficient (Wildman–Crippen LogP) is 3.40. The van der Waals surface area contributed by atoms with Gasteiger partial charge in [0.1, 0.15) is 17.3 Å². The average molecular weight is 326 g/mol. The Balaban J connectivity index is 1.75. The molecule has 1 amide bonds. The van der Waals surface area contributed by atoms with Crippen LogP contribution in [0.5, 0.6) is 11.5 Å². The standard InChI is InChI=1S/C18H15FN2O3/c1-23-15-8-12-4-3-7-20-18(12)16(10-15)21-17(22)11-24-14-6-2-5-13(19)9-14/h2-10H,11H2,1H3,(H,21,22). The van der Waals surface area contributed by atoms with Crippen LogP contribution in [0.2, 0.25) is 0 Å². The van der Waals surface area contributed by atoms with Crippen LogP contribution in [0.25, 0.3) is 10.9 Å². The Bertz CT molecular complexity index is 883. The first kappa shape index (κ1) is 15.7. The monoisotopic (exact) mass is 326 g/mol. The molecule has 0 unspecified atom stereocenters. The van der Waals surface area contributed by atoms with Crippen molar-refractivity contribution in [2.24, 2.45) is 0 Å². The molecule has 0 aliphatic rings. The van der Waals surface area contributed by atoms with E-state index in [9.17, 15) is 9.18 Å². The van der Waals surface area contributed by atoms with Crippen molar-refractivity contribution in [1.29, 1.82) is 0 Å². The maximum absolute atomic E-state index is 13.1. The Kier molecular flexibility index (Phi) is 4.56. The van der Waals surface area contributed by atoms with Crippen LogP contribution in [0.4, 0.5) is 10.1 Å². The van der Waals surface area contributed by atoms with Gasteiger partial charge >= 0.3 is 0 Å². The molecular formula is C18H15FN2O3. The van der Waals surface area contributed by atoms with Crippen LogP contribution in [0, 0.1) is 5.82 Å². The molecule has 1 heterocycles. The Labute approximate surface area is 138 Å². The summed E-state index contributed by atoms with van der Waals surface area (Å²) in [6.07, 6.45) is 1.65. The molecule has 0 saturated carbocycles. The molecule has 122 valence electrons. The molecule has 3 rings (SSSR count). The summed E-state index contributed by atoms with van der Waals surface area (Å²) in [4.78, 5) is 16.4. The second kappa shape index (κ2) is 6.95. The van der Waals surface area contributed by atoms with Gasteiger partial charge in [-0.15, -0.1) is 0 Å². The number of carbonyl (C=O) groups excluding carboxylic acids is 1. The van der Waals surface area contributed by atoms with Gasteiger partial charge in [0.25, 0.3) is 5.91 Å². The second-order valence-electron chi connectivity index (χ2n) is 5.04. The lowest BCUT2D eigenvalue weighted by molar-refractivity contribution is -0.118. The zero-order chi connectivity index (χ0) is 16.9. The maximum Gasteiger partial charge on any atom is 0.262 e. The summed E-state index contributed by atoms with van der Waals surface area (Å²) in [5, 5.41) is 3.59. The van der Waals surface area contributed by atoms with Crippen LogP contribution in [0.1, 0.15) is 0 Å². The van der Waals surface area contributed by atoms with Gasteiger partial charge < -0.3 is 14.8 Å². The van der Waals surface area contributed by atoms with Gasteiger partial charge in [-0.1, -0.05) is 12.1 Å². The minimum absolute atomic E-state index is 0.241. The van der Waals surface area contributed by atoms with E-state index in [1.54, 1.807) is 31.5 Å². The van der Waals surface area contributed by atoms with E-state index in [4.69, 9.17) is 9.47 Å². The van der Waals surface area contributed by atoms with E-state index in [2.05, 4.69) is 10.3 Å². The molecule has 3 aromatic rings. The molecule has 24 heavy (non-hydrogen) atoms. The van der Waals surface area contributed by atoms with E-state index in [-0.39, 0.29) is 12.5 Å². The lowest BCUT2D eigenvalue weighted by Gasteiger charge is -2.11. The lowest BCUT2D eigenvalue weighted by Crippen LogP contribution is -2.20. The Morgan fingerprint density at radius 1 is 1.17 bits per heavy atom. The van der Waals surface area contributed by atoms with Crippen molar-refractivity contribution < 1.29 is 18.7 Å². The van der Waals surface area contributed by atoms with E-state index < -0.39 is 5.82 Å². The molecule has 1 N–H and O–H groups in total. The van der Waals surface area contributed by atoms with E-state index in [0.29, 0.717) is 22.7 Å². The third-order valence-corrected chi connectivity index (χ3v) is 3.35. The average Bonchev–Trinajstić information content (AvgIpc) is 2.60. The normalized spacial score (nSPS) is 10.4. The number of fused-ring (bicyclic) bond motifs is 1. The van der Waals surface area contributed by atoms with Gasteiger partial charge in [-0.05, 0) is 24.3 Å². The van der Waals surface area contributed by atoms with Gasteiger partial charge in [-0.25, -0.2) is 4.39 Å². The molecule has 0 aliphatic carbocycles. The number of pyridine rings is 1. The molecule has 0 spiro atoms. The van der Waals surface area contributed by atoms with E-state index in [1.165, 1.54) is 18.2 Å². The lowest BCUT2D eigenvalue weighted by atomic mass is 10.2. The van der Waals surface area contributed by atoms with Crippen LogP contribution >= 0.6 is 0 Å². The predicted molar refractivity (Wildman–Crippen MR) is 88.8 cm³/mol. The number of halogens is 1. The summed E-state index contributed by atoms with van der Waals surface area (Å²) in [5.74, 6) is 0.103. The van der Waals surface area contributed by atoms with Crippen LogP contribution < -0.4 is 14.8 Å². The Hall–Kier alpha value is -3.15. The quantitative estimate of drug-likeness (QED) is 0.780. The summed E-state index contributed by atoms with van der Waals surface area (Å²) in [6, 6.07) is 12.8. The molecule has 0 saturated heterocycles. The highest BCUT2D eigenvalue weighted by atomic mass is 19.1. The SMILES string of the molecule is COc1cc(NC(=O)COc2cccc(F)c2)c2ncccc2c1. The van der Waals surface area contributed by atoms with E-state index in [1.807, 2.05) is 12.1 Å². The van der Waals surface area contributed by atoms with Crippen molar-refractivity contribution in [1.82, 2.24) is 4.98 Å². The first-order chi connectivity index (χ1) is 11.7. The van der Waals surface area contributed by atoms with Crippen LogP contribution in [0.3, 0.4) is 0 Å². The maximum atomic E-state index is 13.1. The highest BCUT2D eigenvalue weighted by Gasteiger charge is 2.10. The number of hydrogen-bond acceptors (Lipinski definition) is 4. The van der Waals surface area contributed by atoms with E-state index in [0.717, 1.165) is 5.39 Å². The first-order valence-corrected chi connectivity index (χ1v) is 7.27. The fraction of sp³-hybridized carbons (Fsp3) is 0.111. The third-order valence-electron chi connectivity index (χ3n) is 3.35. The van der Waals surface area contributed by atoms with Crippen molar-refractivity contribution in [2.75, 3.05) is 19.0 Å². The molecule has 0 atom stereocenters. The molecule has 0 bridgehead atoms. The van der Waals surface area contributed by atoms with Gasteiger partial charge in [0.15, 0.2) is 6.61 Å². The molecule has 5 nitrogen and oxygen atoms in total. The summed E-state index contributed by atoms with van der Waals surface area (Å²) < 4.78 is 23.6. The summed E-state index contributed by atoms with van der Waals surface area (Å²) in [6.45, 7) is -0.241. The highest BCUT2D eigenvalue weighted by molar-refractivity contribution is 6.01. The molecular weight excluding hydrogens is 311 g/mol. The van der Waals surface area contributed by atoms with Crippen molar-refractivity contribution in [3.63, 3.8) is 0 Å². The minimum atomic E-state index is -0.420. The number of amides is 1. The zero-order valence-electron chi connectivity index (χ0n) is 13.0. The number of anilines is 1. The minimum Gasteiger partial charge on any atom is -0.497 e. The van der Waals surface area contributed by atoms with Crippen molar-refractivity contribution in [3.8, 4) is 11.5 Å². The third kappa shape index (κ3) is 3.60. The number of rotatable bonds is 5. The number of benzene rings is 2.